The zero-order valence-corrected chi connectivity index (χ0v) is 14.4. The molecule has 0 aliphatic carbocycles. The lowest BCUT2D eigenvalue weighted by Gasteiger charge is -2.23. The van der Waals surface area contributed by atoms with Crippen LogP contribution in [0.1, 0.15) is 16.8 Å². The number of carbonyl (C=O) groups is 1. The third kappa shape index (κ3) is 3.71. The minimum Gasteiger partial charge on any atom is -0.438 e. The number of hydrogen-bond acceptors (Lipinski definition) is 4. The molecule has 1 unspecified atom stereocenters. The number of nitrogens with zero attached hydrogens (tertiary/aromatic N) is 2. The van der Waals surface area contributed by atoms with E-state index in [9.17, 15) is 4.79 Å². The van der Waals surface area contributed by atoms with Crippen LogP contribution in [0.5, 0.6) is 11.6 Å². The van der Waals surface area contributed by atoms with E-state index in [2.05, 4.69) is 26.2 Å². The van der Waals surface area contributed by atoms with E-state index in [0.717, 1.165) is 24.0 Å². The summed E-state index contributed by atoms with van der Waals surface area (Å²) in [6.45, 7) is 1.80. The van der Waals surface area contributed by atoms with E-state index >= 15 is 0 Å². The minimum atomic E-state index is -0.0151. The summed E-state index contributed by atoms with van der Waals surface area (Å²) in [4.78, 5) is 18.5. The van der Waals surface area contributed by atoms with Crippen molar-refractivity contribution < 1.29 is 9.53 Å². The average Bonchev–Trinajstić information content (AvgIpc) is 3.11. The monoisotopic (exact) mass is 375 g/mol. The standard InChI is InChI=1S/C17H18BrN3O2/c1-21(13-8-9-19-11-13)17(22)12-6-7-16(20-10-12)23-15-5-3-2-4-14(15)18/h2-7,10,13,19H,8-9,11H2,1H3. The van der Waals surface area contributed by atoms with Crippen molar-refractivity contribution in [2.24, 2.45) is 0 Å². The molecule has 0 radical (unpaired) electrons. The van der Waals surface area contributed by atoms with Crippen LogP contribution >= 0.6 is 15.9 Å². The number of ether oxygens (including phenoxy) is 1. The van der Waals surface area contributed by atoms with Gasteiger partial charge in [-0.3, -0.25) is 4.79 Å². The lowest BCUT2D eigenvalue weighted by Crippen LogP contribution is -2.38. The normalized spacial score (nSPS) is 17.0. The molecule has 1 fully saturated rings. The third-order valence-corrected chi connectivity index (χ3v) is 4.59. The van der Waals surface area contributed by atoms with Gasteiger partial charge in [-0.1, -0.05) is 12.1 Å². The number of amides is 1. The summed E-state index contributed by atoms with van der Waals surface area (Å²) in [5.41, 5.74) is 0.568. The highest BCUT2D eigenvalue weighted by Gasteiger charge is 2.24. The summed E-state index contributed by atoms with van der Waals surface area (Å²) in [6.07, 6.45) is 2.55. The molecule has 2 heterocycles. The van der Waals surface area contributed by atoms with Gasteiger partial charge in [0.2, 0.25) is 5.88 Å². The van der Waals surface area contributed by atoms with Crippen LogP contribution in [0.3, 0.4) is 0 Å². The van der Waals surface area contributed by atoms with Crippen molar-refractivity contribution in [3.05, 3.63) is 52.6 Å². The Hall–Kier alpha value is -1.92. The predicted octanol–water partition coefficient (Wildman–Crippen LogP) is 3.07. The molecular formula is C17H18BrN3O2. The van der Waals surface area contributed by atoms with Crippen molar-refractivity contribution in [3.63, 3.8) is 0 Å². The summed E-state index contributed by atoms with van der Waals surface area (Å²) in [5, 5.41) is 3.27. The molecule has 1 N–H and O–H groups in total. The quantitative estimate of drug-likeness (QED) is 0.891. The lowest BCUT2D eigenvalue weighted by atomic mass is 10.2. The van der Waals surface area contributed by atoms with Gasteiger partial charge in [-0.2, -0.15) is 0 Å². The fourth-order valence-corrected chi connectivity index (χ4v) is 2.91. The number of nitrogens with one attached hydrogen (secondary N) is 1. The Kier molecular flexibility index (Phi) is 4.93. The average molecular weight is 376 g/mol. The van der Waals surface area contributed by atoms with Crippen molar-refractivity contribution in [2.75, 3.05) is 20.1 Å². The molecule has 2 aromatic rings. The molecule has 0 spiro atoms. The van der Waals surface area contributed by atoms with Gasteiger partial charge in [-0.15, -0.1) is 0 Å². The Morgan fingerprint density at radius 2 is 2.17 bits per heavy atom. The number of aromatic nitrogens is 1. The second-order valence-electron chi connectivity index (χ2n) is 5.48. The highest BCUT2D eigenvalue weighted by molar-refractivity contribution is 9.10. The number of benzene rings is 1. The van der Waals surface area contributed by atoms with Crippen LogP contribution in [-0.2, 0) is 0 Å². The van der Waals surface area contributed by atoms with E-state index in [0.29, 0.717) is 17.2 Å². The van der Waals surface area contributed by atoms with Crippen molar-refractivity contribution in [2.45, 2.75) is 12.5 Å². The van der Waals surface area contributed by atoms with Gasteiger partial charge in [0.25, 0.3) is 5.91 Å². The first-order valence-corrected chi connectivity index (χ1v) is 8.31. The van der Waals surface area contributed by atoms with Crippen LogP contribution in [0.15, 0.2) is 47.1 Å². The molecule has 3 rings (SSSR count). The summed E-state index contributed by atoms with van der Waals surface area (Å²) >= 11 is 3.43. The van der Waals surface area contributed by atoms with Gasteiger partial charge in [0.1, 0.15) is 5.75 Å². The Balaban J connectivity index is 1.69. The lowest BCUT2D eigenvalue weighted by molar-refractivity contribution is 0.0743. The number of carbonyl (C=O) groups excluding carboxylic acids is 1. The fourth-order valence-electron chi connectivity index (χ4n) is 2.55. The number of hydrogen-bond donors (Lipinski definition) is 1. The molecule has 5 nitrogen and oxygen atoms in total. The van der Waals surface area contributed by atoms with Gasteiger partial charge in [0, 0.05) is 31.9 Å². The Morgan fingerprint density at radius 3 is 2.83 bits per heavy atom. The van der Waals surface area contributed by atoms with Crippen molar-refractivity contribution in [1.82, 2.24) is 15.2 Å². The van der Waals surface area contributed by atoms with Crippen LogP contribution in [0.4, 0.5) is 0 Å². The second kappa shape index (κ2) is 7.10. The molecule has 1 saturated heterocycles. The Morgan fingerprint density at radius 1 is 1.35 bits per heavy atom. The summed E-state index contributed by atoms with van der Waals surface area (Å²) in [5.74, 6) is 1.13. The highest BCUT2D eigenvalue weighted by atomic mass is 79.9. The maximum absolute atomic E-state index is 12.5. The molecule has 0 saturated carbocycles. The van der Waals surface area contributed by atoms with Gasteiger partial charge in [-0.25, -0.2) is 4.98 Å². The maximum atomic E-state index is 12.5. The summed E-state index contributed by atoms with van der Waals surface area (Å²) in [6, 6.07) is 11.3. The molecule has 1 aliphatic heterocycles. The smallest absolute Gasteiger partial charge is 0.255 e. The van der Waals surface area contributed by atoms with E-state index in [1.807, 2.05) is 31.3 Å². The zero-order valence-electron chi connectivity index (χ0n) is 12.8. The number of pyridine rings is 1. The highest BCUT2D eigenvalue weighted by Crippen LogP contribution is 2.28. The van der Waals surface area contributed by atoms with Gasteiger partial charge < -0.3 is 15.0 Å². The van der Waals surface area contributed by atoms with E-state index in [1.54, 1.807) is 23.2 Å². The van der Waals surface area contributed by atoms with Crippen LogP contribution in [0, 0.1) is 0 Å². The maximum Gasteiger partial charge on any atom is 0.255 e. The van der Waals surface area contributed by atoms with E-state index < -0.39 is 0 Å². The number of para-hydroxylation sites is 1. The van der Waals surface area contributed by atoms with E-state index in [1.165, 1.54) is 0 Å². The first-order valence-electron chi connectivity index (χ1n) is 7.51. The molecule has 1 aromatic carbocycles. The van der Waals surface area contributed by atoms with Crippen molar-refractivity contribution >= 4 is 21.8 Å². The van der Waals surface area contributed by atoms with Gasteiger partial charge >= 0.3 is 0 Å². The van der Waals surface area contributed by atoms with Gasteiger partial charge in [0.15, 0.2) is 0 Å². The number of halogens is 1. The molecule has 23 heavy (non-hydrogen) atoms. The van der Waals surface area contributed by atoms with E-state index in [-0.39, 0.29) is 11.9 Å². The predicted molar refractivity (Wildman–Crippen MR) is 91.8 cm³/mol. The summed E-state index contributed by atoms with van der Waals surface area (Å²) in [7, 11) is 1.84. The Labute approximate surface area is 143 Å². The van der Waals surface area contributed by atoms with Crippen LogP contribution in [0.25, 0.3) is 0 Å². The van der Waals surface area contributed by atoms with Crippen LogP contribution in [-0.4, -0.2) is 42.0 Å². The second-order valence-corrected chi connectivity index (χ2v) is 6.33. The zero-order chi connectivity index (χ0) is 16.2. The molecule has 6 heteroatoms. The van der Waals surface area contributed by atoms with Gasteiger partial charge in [-0.05, 0) is 47.1 Å². The van der Waals surface area contributed by atoms with Gasteiger partial charge in [0.05, 0.1) is 10.0 Å². The van der Waals surface area contributed by atoms with Crippen LogP contribution in [0.2, 0.25) is 0 Å². The fraction of sp³-hybridized carbons (Fsp3) is 0.294. The third-order valence-electron chi connectivity index (χ3n) is 3.94. The molecule has 1 aliphatic rings. The first kappa shape index (κ1) is 16.0. The van der Waals surface area contributed by atoms with E-state index in [4.69, 9.17) is 4.74 Å². The first-order chi connectivity index (χ1) is 11.1. The summed E-state index contributed by atoms with van der Waals surface area (Å²) < 4.78 is 6.57. The minimum absolute atomic E-state index is 0.0151. The topological polar surface area (TPSA) is 54.5 Å². The molecule has 1 aromatic heterocycles. The number of likely N-dealkylation sites (N-methyl/N-ethyl adjacent to an activating group) is 1. The SMILES string of the molecule is CN(C(=O)c1ccc(Oc2ccccc2Br)nc1)C1CCNC1. The van der Waals surface area contributed by atoms with Crippen molar-refractivity contribution in [3.8, 4) is 11.6 Å². The molecule has 0 bridgehead atoms. The largest absolute Gasteiger partial charge is 0.438 e. The number of rotatable bonds is 4. The molecular weight excluding hydrogens is 358 g/mol. The molecule has 120 valence electrons. The van der Waals surface area contributed by atoms with Crippen molar-refractivity contribution in [1.29, 1.82) is 0 Å². The Bertz CT molecular complexity index is 684. The van der Waals surface area contributed by atoms with Crippen LogP contribution < -0.4 is 10.1 Å². The molecule has 1 amide bonds. The molecule has 1 atom stereocenters.